The van der Waals surface area contributed by atoms with E-state index in [1.54, 1.807) is 18.3 Å². The lowest BCUT2D eigenvalue weighted by Crippen LogP contribution is -2.24. The first-order chi connectivity index (χ1) is 7.29. The number of hydrogen-bond donors (Lipinski definition) is 1. The van der Waals surface area contributed by atoms with Gasteiger partial charge in [-0.15, -0.1) is 0 Å². The van der Waals surface area contributed by atoms with Crippen LogP contribution in [0.2, 0.25) is 0 Å². The topological polar surface area (TPSA) is 51.2 Å². The van der Waals surface area contributed by atoms with Gasteiger partial charge in [0.05, 0.1) is 13.7 Å². The van der Waals surface area contributed by atoms with Crippen LogP contribution >= 0.6 is 0 Å². The third-order valence-electron chi connectivity index (χ3n) is 1.97. The largest absolute Gasteiger partial charge is 0.494 e. The third-order valence-corrected chi connectivity index (χ3v) is 1.97. The second-order valence-corrected chi connectivity index (χ2v) is 3.15. The van der Waals surface area contributed by atoms with Crippen molar-refractivity contribution in [2.45, 2.75) is 13.3 Å². The standard InChI is InChI=1S/C11H16N2O2/c1-3-6-12-8-9(14)11-10(15-2)5-4-7-13-11/h4-5,7,12H,3,6,8H2,1-2H3. The van der Waals surface area contributed by atoms with Crippen molar-refractivity contribution < 1.29 is 9.53 Å². The lowest BCUT2D eigenvalue weighted by molar-refractivity contribution is 0.0983. The summed E-state index contributed by atoms with van der Waals surface area (Å²) in [6.45, 7) is 3.20. The maximum atomic E-state index is 11.7. The predicted octanol–water partition coefficient (Wildman–Crippen LogP) is 1.27. The molecule has 0 aromatic carbocycles. The van der Waals surface area contributed by atoms with Crippen molar-refractivity contribution in [3.63, 3.8) is 0 Å². The zero-order chi connectivity index (χ0) is 11.1. The maximum absolute atomic E-state index is 11.7. The number of pyridine rings is 1. The van der Waals surface area contributed by atoms with Gasteiger partial charge in [-0.2, -0.15) is 0 Å². The number of nitrogens with zero attached hydrogens (tertiary/aromatic N) is 1. The molecular weight excluding hydrogens is 192 g/mol. The van der Waals surface area contributed by atoms with Gasteiger partial charge < -0.3 is 10.1 Å². The summed E-state index contributed by atoms with van der Waals surface area (Å²) in [7, 11) is 1.53. The van der Waals surface area contributed by atoms with Gasteiger partial charge in [0, 0.05) is 6.20 Å². The van der Waals surface area contributed by atoms with Gasteiger partial charge >= 0.3 is 0 Å². The quantitative estimate of drug-likeness (QED) is 0.565. The molecule has 1 rings (SSSR count). The van der Waals surface area contributed by atoms with Crippen molar-refractivity contribution in [3.8, 4) is 5.75 Å². The van der Waals surface area contributed by atoms with Gasteiger partial charge in [0.2, 0.25) is 0 Å². The van der Waals surface area contributed by atoms with Crippen LogP contribution in [0.5, 0.6) is 5.75 Å². The summed E-state index contributed by atoms with van der Waals surface area (Å²) in [6.07, 6.45) is 2.60. The van der Waals surface area contributed by atoms with Gasteiger partial charge in [0.15, 0.2) is 5.78 Å². The van der Waals surface area contributed by atoms with Crippen molar-refractivity contribution >= 4 is 5.78 Å². The number of ether oxygens (including phenoxy) is 1. The summed E-state index contributed by atoms with van der Waals surface area (Å²) >= 11 is 0. The molecule has 0 saturated heterocycles. The van der Waals surface area contributed by atoms with E-state index in [0.29, 0.717) is 18.0 Å². The molecule has 0 radical (unpaired) electrons. The highest BCUT2D eigenvalue weighted by Gasteiger charge is 2.12. The van der Waals surface area contributed by atoms with E-state index in [-0.39, 0.29) is 5.78 Å². The highest BCUT2D eigenvalue weighted by molar-refractivity contribution is 5.98. The molecule has 1 heterocycles. The van der Waals surface area contributed by atoms with E-state index in [4.69, 9.17) is 4.74 Å². The Hall–Kier alpha value is -1.42. The molecule has 1 N–H and O–H groups in total. The smallest absolute Gasteiger partial charge is 0.198 e. The summed E-state index contributed by atoms with van der Waals surface area (Å²) in [4.78, 5) is 15.7. The molecule has 15 heavy (non-hydrogen) atoms. The summed E-state index contributed by atoms with van der Waals surface area (Å²) < 4.78 is 5.06. The normalized spacial score (nSPS) is 10.0. The fourth-order valence-electron chi connectivity index (χ4n) is 1.23. The summed E-state index contributed by atoms with van der Waals surface area (Å²) in [5.41, 5.74) is 0.392. The highest BCUT2D eigenvalue weighted by atomic mass is 16.5. The monoisotopic (exact) mass is 208 g/mol. The zero-order valence-electron chi connectivity index (χ0n) is 9.12. The number of methoxy groups -OCH3 is 1. The van der Waals surface area contributed by atoms with Gasteiger partial charge in [0.25, 0.3) is 0 Å². The molecule has 1 aromatic rings. The number of Topliss-reactive ketones (excluding diaryl/α,β-unsaturated/α-hetero) is 1. The molecule has 0 unspecified atom stereocenters. The molecule has 4 heteroatoms. The van der Waals surface area contributed by atoms with Crippen molar-refractivity contribution in [1.29, 1.82) is 0 Å². The number of rotatable bonds is 6. The van der Waals surface area contributed by atoms with E-state index in [0.717, 1.165) is 13.0 Å². The Kier molecular flexibility index (Phi) is 4.77. The predicted molar refractivity (Wildman–Crippen MR) is 58.3 cm³/mol. The summed E-state index contributed by atoms with van der Waals surface area (Å²) in [5, 5.41) is 3.04. The van der Waals surface area contributed by atoms with E-state index >= 15 is 0 Å². The summed E-state index contributed by atoms with van der Waals surface area (Å²) in [5.74, 6) is 0.488. The maximum Gasteiger partial charge on any atom is 0.198 e. The van der Waals surface area contributed by atoms with Gasteiger partial charge in [-0.25, -0.2) is 4.98 Å². The molecule has 0 fully saturated rings. The zero-order valence-corrected chi connectivity index (χ0v) is 9.12. The lowest BCUT2D eigenvalue weighted by atomic mass is 10.2. The number of carbonyl (C=O) groups is 1. The molecular formula is C11H16N2O2. The Morgan fingerprint density at radius 3 is 3.07 bits per heavy atom. The van der Waals surface area contributed by atoms with Crippen LogP contribution in [0.3, 0.4) is 0 Å². The third kappa shape index (κ3) is 3.32. The number of hydrogen-bond acceptors (Lipinski definition) is 4. The van der Waals surface area contributed by atoms with Crippen molar-refractivity contribution in [3.05, 3.63) is 24.0 Å². The van der Waals surface area contributed by atoms with E-state index in [1.807, 2.05) is 0 Å². The second-order valence-electron chi connectivity index (χ2n) is 3.15. The van der Waals surface area contributed by atoms with Crippen LogP contribution in [0, 0.1) is 0 Å². The first-order valence-electron chi connectivity index (χ1n) is 5.02. The Labute approximate surface area is 89.7 Å². The lowest BCUT2D eigenvalue weighted by Gasteiger charge is -2.06. The van der Waals surface area contributed by atoms with Crippen LogP contribution in [-0.4, -0.2) is 31.0 Å². The average Bonchev–Trinajstić information content (AvgIpc) is 2.29. The van der Waals surface area contributed by atoms with Gasteiger partial charge in [-0.1, -0.05) is 6.92 Å². The van der Waals surface area contributed by atoms with Gasteiger partial charge in [-0.05, 0) is 25.1 Å². The number of nitrogens with one attached hydrogen (secondary N) is 1. The fourth-order valence-corrected chi connectivity index (χ4v) is 1.23. The number of ketones is 1. The highest BCUT2D eigenvalue weighted by Crippen LogP contribution is 2.14. The minimum absolute atomic E-state index is 0.0408. The summed E-state index contributed by atoms with van der Waals surface area (Å²) in [6, 6.07) is 3.48. The molecule has 0 spiro atoms. The van der Waals surface area contributed by atoms with Crippen molar-refractivity contribution in [1.82, 2.24) is 10.3 Å². The van der Waals surface area contributed by atoms with E-state index in [1.165, 1.54) is 7.11 Å². The Morgan fingerprint density at radius 1 is 1.60 bits per heavy atom. The van der Waals surface area contributed by atoms with Crippen LogP contribution in [0.1, 0.15) is 23.8 Å². The molecule has 1 aromatic heterocycles. The molecule has 0 bridgehead atoms. The minimum Gasteiger partial charge on any atom is -0.494 e. The Balaban J connectivity index is 2.64. The molecule has 0 aliphatic carbocycles. The molecule has 0 saturated carbocycles. The Morgan fingerprint density at radius 2 is 2.40 bits per heavy atom. The molecule has 4 nitrogen and oxygen atoms in total. The van der Waals surface area contributed by atoms with E-state index in [9.17, 15) is 4.79 Å². The molecule has 82 valence electrons. The van der Waals surface area contributed by atoms with E-state index < -0.39 is 0 Å². The van der Waals surface area contributed by atoms with Crippen LogP contribution < -0.4 is 10.1 Å². The van der Waals surface area contributed by atoms with Crippen LogP contribution in [0.25, 0.3) is 0 Å². The number of carbonyl (C=O) groups excluding carboxylic acids is 1. The van der Waals surface area contributed by atoms with E-state index in [2.05, 4.69) is 17.2 Å². The van der Waals surface area contributed by atoms with Crippen LogP contribution in [0.15, 0.2) is 18.3 Å². The van der Waals surface area contributed by atoms with Crippen molar-refractivity contribution in [2.24, 2.45) is 0 Å². The Bertz CT molecular complexity index is 326. The second kappa shape index (κ2) is 6.14. The first kappa shape index (κ1) is 11.7. The fraction of sp³-hybridized carbons (Fsp3) is 0.455. The minimum atomic E-state index is -0.0408. The number of aromatic nitrogens is 1. The molecule has 0 aliphatic rings. The molecule has 0 aliphatic heterocycles. The SMILES string of the molecule is CCCNCC(=O)c1ncccc1OC. The van der Waals surface area contributed by atoms with Crippen molar-refractivity contribution in [2.75, 3.05) is 20.2 Å². The molecule has 0 amide bonds. The molecule has 0 atom stereocenters. The van der Waals surface area contributed by atoms with Gasteiger partial charge in [0.1, 0.15) is 11.4 Å². The van der Waals surface area contributed by atoms with Crippen LogP contribution in [-0.2, 0) is 0 Å². The first-order valence-corrected chi connectivity index (χ1v) is 5.02. The average molecular weight is 208 g/mol. The van der Waals surface area contributed by atoms with Gasteiger partial charge in [-0.3, -0.25) is 4.79 Å². The van der Waals surface area contributed by atoms with Crippen LogP contribution in [0.4, 0.5) is 0 Å².